The summed E-state index contributed by atoms with van der Waals surface area (Å²) in [4.78, 5) is 37.4. The number of amides is 2. The molecule has 3 rings (SSSR count). The number of aromatic nitrogens is 2. The Morgan fingerprint density at radius 1 is 1.00 bits per heavy atom. The minimum Gasteiger partial charge on any atom is -0.267 e. The second kappa shape index (κ2) is 9.25. The monoisotopic (exact) mass is 414 g/mol. The van der Waals surface area contributed by atoms with Crippen LogP contribution >= 0.6 is 0 Å². The first-order valence-electron chi connectivity index (χ1n) is 9.48. The van der Waals surface area contributed by atoms with Gasteiger partial charge in [0.1, 0.15) is 11.6 Å². The van der Waals surface area contributed by atoms with E-state index in [9.17, 15) is 23.2 Å². The van der Waals surface area contributed by atoms with E-state index in [2.05, 4.69) is 10.5 Å². The quantitative estimate of drug-likeness (QED) is 0.479. The van der Waals surface area contributed by atoms with E-state index in [1.807, 2.05) is 12.3 Å². The number of nitrogens with one attached hydrogen (secondary N) is 2. The maximum absolute atomic E-state index is 13.7. The molecular weight excluding hydrogens is 394 g/mol. The number of aryl methyl sites for hydroxylation is 1. The third-order valence-corrected chi connectivity index (χ3v) is 4.52. The first-order chi connectivity index (χ1) is 14.4. The number of hydrogen-bond donors (Lipinski definition) is 2. The molecule has 156 valence electrons. The van der Waals surface area contributed by atoms with Gasteiger partial charge in [-0.3, -0.25) is 25.2 Å². The zero-order valence-corrected chi connectivity index (χ0v) is 16.2. The number of carbonyl (C=O) groups excluding carboxylic acids is 2. The highest BCUT2D eigenvalue weighted by atomic mass is 19.1. The summed E-state index contributed by atoms with van der Waals surface area (Å²) in [5.74, 6) is -3.54. The minimum absolute atomic E-state index is 0.0679. The van der Waals surface area contributed by atoms with Crippen molar-refractivity contribution in [1.29, 1.82) is 0 Å². The molecule has 0 fully saturated rings. The summed E-state index contributed by atoms with van der Waals surface area (Å²) in [6.07, 6.45) is 2.58. The fourth-order valence-corrected chi connectivity index (χ4v) is 2.98. The van der Waals surface area contributed by atoms with Crippen LogP contribution in [0.1, 0.15) is 47.0 Å². The van der Waals surface area contributed by atoms with Gasteiger partial charge in [-0.05, 0) is 30.7 Å². The van der Waals surface area contributed by atoms with E-state index in [1.54, 1.807) is 24.3 Å². The lowest BCUT2D eigenvalue weighted by Crippen LogP contribution is -2.43. The van der Waals surface area contributed by atoms with Crippen molar-refractivity contribution in [2.75, 3.05) is 0 Å². The summed E-state index contributed by atoms with van der Waals surface area (Å²) in [6.45, 7) is 2.37. The van der Waals surface area contributed by atoms with Gasteiger partial charge in [0.05, 0.1) is 10.9 Å². The van der Waals surface area contributed by atoms with Crippen LogP contribution in [0.4, 0.5) is 8.78 Å². The van der Waals surface area contributed by atoms with Crippen LogP contribution in [-0.2, 0) is 6.54 Å². The molecule has 7 nitrogen and oxygen atoms in total. The number of unbranched alkanes of at least 4 members (excludes halogenated alkanes) is 2. The van der Waals surface area contributed by atoms with E-state index >= 15 is 0 Å². The zero-order chi connectivity index (χ0) is 21.7. The van der Waals surface area contributed by atoms with Crippen LogP contribution in [0.25, 0.3) is 10.8 Å². The number of hydrazine groups is 1. The van der Waals surface area contributed by atoms with Gasteiger partial charge in [-0.25, -0.2) is 13.5 Å². The molecular formula is C21H20F2N4O3. The molecule has 30 heavy (non-hydrogen) atoms. The lowest BCUT2D eigenvalue weighted by Gasteiger charge is -2.12. The van der Waals surface area contributed by atoms with Crippen LogP contribution in [0, 0.1) is 11.6 Å². The van der Waals surface area contributed by atoms with E-state index in [-0.39, 0.29) is 11.3 Å². The van der Waals surface area contributed by atoms with Crippen LogP contribution in [-0.4, -0.2) is 21.6 Å². The van der Waals surface area contributed by atoms with Crippen molar-refractivity contribution >= 4 is 22.6 Å². The lowest BCUT2D eigenvalue weighted by atomic mass is 10.1. The molecule has 0 bridgehead atoms. The molecule has 2 aromatic carbocycles. The number of benzene rings is 2. The Bertz CT molecular complexity index is 1160. The number of halogens is 2. The summed E-state index contributed by atoms with van der Waals surface area (Å²) in [7, 11) is 0. The molecule has 0 saturated heterocycles. The number of fused-ring (bicyclic) bond motifs is 1. The summed E-state index contributed by atoms with van der Waals surface area (Å²) in [6, 6.07) is 8.91. The highest BCUT2D eigenvalue weighted by Gasteiger charge is 2.18. The second-order valence-electron chi connectivity index (χ2n) is 6.66. The van der Waals surface area contributed by atoms with Gasteiger partial charge in [-0.15, -0.1) is 0 Å². The summed E-state index contributed by atoms with van der Waals surface area (Å²) in [5.41, 5.74) is 3.25. The molecule has 0 radical (unpaired) electrons. The Labute approximate surface area is 170 Å². The third kappa shape index (κ3) is 4.51. The predicted octanol–water partition coefficient (Wildman–Crippen LogP) is 2.94. The first-order valence-corrected chi connectivity index (χ1v) is 9.48. The molecule has 9 heteroatoms. The highest BCUT2D eigenvalue weighted by Crippen LogP contribution is 2.14. The van der Waals surface area contributed by atoms with Crippen molar-refractivity contribution < 1.29 is 18.4 Å². The third-order valence-electron chi connectivity index (χ3n) is 4.52. The molecule has 0 saturated carbocycles. The van der Waals surface area contributed by atoms with Gasteiger partial charge < -0.3 is 0 Å². The van der Waals surface area contributed by atoms with Crippen molar-refractivity contribution in [3.8, 4) is 0 Å². The fraction of sp³-hybridized carbons (Fsp3) is 0.238. The van der Waals surface area contributed by atoms with Crippen LogP contribution in [0.2, 0.25) is 0 Å². The maximum Gasteiger partial charge on any atom is 0.290 e. The van der Waals surface area contributed by atoms with Gasteiger partial charge in [0, 0.05) is 11.9 Å². The summed E-state index contributed by atoms with van der Waals surface area (Å²) >= 11 is 0. The normalized spacial score (nSPS) is 10.8. The van der Waals surface area contributed by atoms with Crippen LogP contribution in [0.15, 0.2) is 47.3 Å². The van der Waals surface area contributed by atoms with Crippen molar-refractivity contribution in [2.24, 2.45) is 0 Å². The number of carbonyl (C=O) groups is 2. The largest absolute Gasteiger partial charge is 0.290 e. The van der Waals surface area contributed by atoms with Gasteiger partial charge in [0.2, 0.25) is 0 Å². The standard InChI is InChI=1S/C21H20F2N4O3/c1-2-3-6-11-27-21(30)15-8-5-4-7-14(15)18(26-27)20(29)25-24-19(28)16-12-13(22)9-10-17(16)23/h4-5,7-10,12H,2-3,6,11H2,1H3,(H,24,28)(H,25,29). The number of hydrogen-bond acceptors (Lipinski definition) is 4. The van der Waals surface area contributed by atoms with E-state index < -0.39 is 29.0 Å². The molecule has 0 atom stereocenters. The first kappa shape index (κ1) is 21.1. The Balaban J connectivity index is 1.86. The Kier molecular flexibility index (Phi) is 6.51. The van der Waals surface area contributed by atoms with Crippen LogP contribution < -0.4 is 16.4 Å². The Morgan fingerprint density at radius 3 is 2.43 bits per heavy atom. The highest BCUT2D eigenvalue weighted by molar-refractivity contribution is 6.06. The molecule has 0 aliphatic heterocycles. The van der Waals surface area contributed by atoms with Gasteiger partial charge in [-0.2, -0.15) is 5.10 Å². The van der Waals surface area contributed by atoms with E-state index in [4.69, 9.17) is 0 Å². The van der Waals surface area contributed by atoms with Crippen LogP contribution in [0.5, 0.6) is 0 Å². The lowest BCUT2D eigenvalue weighted by molar-refractivity contribution is 0.0841. The fourth-order valence-electron chi connectivity index (χ4n) is 2.98. The van der Waals surface area contributed by atoms with Crippen molar-refractivity contribution in [2.45, 2.75) is 32.7 Å². The van der Waals surface area contributed by atoms with E-state index in [1.165, 1.54) is 4.68 Å². The van der Waals surface area contributed by atoms with Crippen LogP contribution in [0.3, 0.4) is 0 Å². The molecule has 1 aromatic heterocycles. The molecule has 2 N–H and O–H groups in total. The molecule has 2 amide bonds. The SMILES string of the molecule is CCCCCn1nc(C(=O)NNC(=O)c2cc(F)ccc2F)c2ccccc2c1=O. The maximum atomic E-state index is 13.7. The Hall–Kier alpha value is -3.62. The Morgan fingerprint density at radius 2 is 1.70 bits per heavy atom. The van der Waals surface area contributed by atoms with Gasteiger partial charge in [-0.1, -0.05) is 38.0 Å². The topological polar surface area (TPSA) is 93.1 Å². The van der Waals surface area contributed by atoms with E-state index in [0.29, 0.717) is 17.3 Å². The van der Waals surface area contributed by atoms with Crippen molar-refractivity contribution in [3.05, 3.63) is 75.7 Å². The number of nitrogens with zero attached hydrogens (tertiary/aromatic N) is 2. The molecule has 0 aliphatic rings. The van der Waals surface area contributed by atoms with Crippen molar-refractivity contribution in [1.82, 2.24) is 20.6 Å². The molecule has 0 aliphatic carbocycles. The van der Waals surface area contributed by atoms with Gasteiger partial charge >= 0.3 is 0 Å². The van der Waals surface area contributed by atoms with Crippen molar-refractivity contribution in [3.63, 3.8) is 0 Å². The van der Waals surface area contributed by atoms with Gasteiger partial charge in [0.15, 0.2) is 5.69 Å². The number of rotatable bonds is 6. The summed E-state index contributed by atoms with van der Waals surface area (Å²) < 4.78 is 28.2. The summed E-state index contributed by atoms with van der Waals surface area (Å²) in [5, 5.41) is 4.80. The molecule has 1 heterocycles. The smallest absolute Gasteiger partial charge is 0.267 e. The molecule has 3 aromatic rings. The van der Waals surface area contributed by atoms with Gasteiger partial charge in [0.25, 0.3) is 17.4 Å². The minimum atomic E-state index is -1.03. The predicted molar refractivity (Wildman–Crippen MR) is 107 cm³/mol. The second-order valence-corrected chi connectivity index (χ2v) is 6.66. The zero-order valence-electron chi connectivity index (χ0n) is 16.2. The van der Waals surface area contributed by atoms with E-state index in [0.717, 1.165) is 37.5 Å². The average Bonchev–Trinajstić information content (AvgIpc) is 2.75. The molecule has 0 unspecified atom stereocenters. The molecule has 0 spiro atoms. The average molecular weight is 414 g/mol.